The van der Waals surface area contributed by atoms with E-state index in [0.717, 1.165) is 60.2 Å². The van der Waals surface area contributed by atoms with Crippen LogP contribution >= 0.6 is 0 Å². The van der Waals surface area contributed by atoms with E-state index in [1.807, 2.05) is 41.1 Å². The van der Waals surface area contributed by atoms with Crippen LogP contribution < -0.4 is 5.69 Å². The monoisotopic (exact) mass is 541 g/mol. The number of nitrogens with one attached hydrogen (secondary N) is 1. The van der Waals surface area contributed by atoms with Crippen molar-refractivity contribution in [1.29, 1.82) is 0 Å². The number of aromatic nitrogens is 7. The third kappa shape index (κ3) is 5.96. The van der Waals surface area contributed by atoms with Gasteiger partial charge in [0.05, 0.1) is 12.2 Å². The number of unbranched alkanes of at least 4 members (excludes halogenated alkanes) is 1. The summed E-state index contributed by atoms with van der Waals surface area (Å²) < 4.78 is 4.15. The number of pyridine rings is 1. The standard InChI is InChI=1S/C32H43N7O/c1-4-7-15-26-22-39(30-24(5-2)13-9-8-10-14-25(30)6-3)32(40)38(26)21-23-18-19-29(33-20-23)27-16-11-12-17-28(27)31-34-36-37-35-31/h11-12,16-20,22,24-25,30H,4-10,13-15,21H2,1-3H3,(H,34,35,36,37). The van der Waals surface area contributed by atoms with E-state index in [0.29, 0.717) is 24.2 Å². The zero-order valence-corrected chi connectivity index (χ0v) is 24.2. The molecule has 2 atom stereocenters. The number of aryl methyl sites for hydroxylation is 1. The highest BCUT2D eigenvalue weighted by Gasteiger charge is 2.32. The lowest BCUT2D eigenvalue weighted by Crippen LogP contribution is -2.36. The van der Waals surface area contributed by atoms with Crippen molar-refractivity contribution in [2.24, 2.45) is 11.8 Å². The van der Waals surface area contributed by atoms with Crippen molar-refractivity contribution in [1.82, 2.24) is 34.7 Å². The van der Waals surface area contributed by atoms with E-state index in [1.54, 1.807) is 0 Å². The van der Waals surface area contributed by atoms with Gasteiger partial charge in [0, 0.05) is 35.3 Å². The Morgan fingerprint density at radius 3 is 2.33 bits per heavy atom. The number of nitrogens with zero attached hydrogens (tertiary/aromatic N) is 6. The largest absolute Gasteiger partial charge is 0.328 e. The molecule has 40 heavy (non-hydrogen) atoms. The summed E-state index contributed by atoms with van der Waals surface area (Å²) in [6.07, 6.45) is 15.8. The summed E-state index contributed by atoms with van der Waals surface area (Å²) in [5.41, 5.74) is 4.97. The van der Waals surface area contributed by atoms with Crippen LogP contribution in [0, 0.1) is 11.8 Å². The van der Waals surface area contributed by atoms with E-state index in [1.165, 1.54) is 32.1 Å². The summed E-state index contributed by atoms with van der Waals surface area (Å²) in [6.45, 7) is 7.35. The molecule has 1 aromatic carbocycles. The highest BCUT2D eigenvalue weighted by Crippen LogP contribution is 2.39. The number of imidazole rings is 1. The second-order valence-corrected chi connectivity index (χ2v) is 11.3. The van der Waals surface area contributed by atoms with Crippen molar-refractivity contribution >= 4 is 0 Å². The Bertz CT molecular complexity index is 1390. The summed E-state index contributed by atoms with van der Waals surface area (Å²) in [7, 11) is 0. The Morgan fingerprint density at radius 2 is 1.70 bits per heavy atom. The van der Waals surface area contributed by atoms with Crippen LogP contribution in [0.3, 0.4) is 0 Å². The second kappa shape index (κ2) is 13.2. The van der Waals surface area contributed by atoms with E-state index in [2.05, 4.69) is 58.2 Å². The molecule has 0 saturated heterocycles. The minimum Gasteiger partial charge on any atom is -0.295 e. The highest BCUT2D eigenvalue weighted by atomic mass is 16.1. The number of hydrogen-bond acceptors (Lipinski definition) is 5. The number of rotatable bonds is 10. The Hall–Kier alpha value is -3.55. The second-order valence-electron chi connectivity index (χ2n) is 11.3. The molecule has 0 aliphatic heterocycles. The Balaban J connectivity index is 1.47. The van der Waals surface area contributed by atoms with Crippen LogP contribution in [0.15, 0.2) is 53.6 Å². The normalized spacial score (nSPS) is 19.8. The van der Waals surface area contributed by atoms with Gasteiger partial charge in [0.2, 0.25) is 5.82 Å². The zero-order valence-electron chi connectivity index (χ0n) is 24.2. The quantitative estimate of drug-likeness (QED) is 0.237. The molecule has 1 saturated carbocycles. The molecule has 1 aliphatic carbocycles. The molecule has 3 aromatic heterocycles. The van der Waals surface area contributed by atoms with Gasteiger partial charge in [0.25, 0.3) is 0 Å². The van der Waals surface area contributed by atoms with E-state index < -0.39 is 0 Å². The van der Waals surface area contributed by atoms with Gasteiger partial charge in [-0.3, -0.25) is 14.1 Å². The van der Waals surface area contributed by atoms with Crippen LogP contribution in [0.5, 0.6) is 0 Å². The summed E-state index contributed by atoms with van der Waals surface area (Å²) >= 11 is 0. The first-order valence-electron chi connectivity index (χ1n) is 15.2. The van der Waals surface area contributed by atoms with Gasteiger partial charge in [-0.05, 0) is 54.4 Å². The smallest absolute Gasteiger partial charge is 0.295 e. The third-order valence-electron chi connectivity index (χ3n) is 8.81. The first-order chi connectivity index (χ1) is 19.6. The molecule has 0 amide bonds. The fraction of sp³-hybridized carbons (Fsp3) is 0.531. The molecule has 1 aliphatic rings. The van der Waals surface area contributed by atoms with Gasteiger partial charge in [-0.1, -0.05) is 89.6 Å². The van der Waals surface area contributed by atoms with E-state index in [-0.39, 0.29) is 11.7 Å². The van der Waals surface area contributed by atoms with Crippen molar-refractivity contribution in [2.75, 3.05) is 0 Å². The van der Waals surface area contributed by atoms with Crippen molar-refractivity contribution in [3.8, 4) is 22.6 Å². The van der Waals surface area contributed by atoms with Crippen molar-refractivity contribution < 1.29 is 0 Å². The molecule has 0 radical (unpaired) electrons. The molecular weight excluding hydrogens is 498 g/mol. The van der Waals surface area contributed by atoms with Gasteiger partial charge in [-0.25, -0.2) is 4.79 Å². The maximum Gasteiger partial charge on any atom is 0.328 e. The van der Waals surface area contributed by atoms with E-state index in [4.69, 9.17) is 4.98 Å². The van der Waals surface area contributed by atoms with Crippen LogP contribution in [0.1, 0.15) is 95.9 Å². The van der Waals surface area contributed by atoms with Crippen molar-refractivity contribution in [3.63, 3.8) is 0 Å². The minimum absolute atomic E-state index is 0.139. The zero-order chi connectivity index (χ0) is 27.9. The highest BCUT2D eigenvalue weighted by molar-refractivity contribution is 5.78. The van der Waals surface area contributed by atoms with Crippen molar-refractivity contribution in [3.05, 3.63) is 70.5 Å². The van der Waals surface area contributed by atoms with Crippen LogP contribution in [-0.2, 0) is 13.0 Å². The molecule has 1 fully saturated rings. The van der Waals surface area contributed by atoms with Gasteiger partial charge in [0.15, 0.2) is 0 Å². The lowest BCUT2D eigenvalue weighted by Gasteiger charge is -2.35. The summed E-state index contributed by atoms with van der Waals surface area (Å²) in [5.74, 6) is 1.65. The Labute approximate surface area is 237 Å². The summed E-state index contributed by atoms with van der Waals surface area (Å²) in [5, 5.41) is 14.5. The Morgan fingerprint density at radius 1 is 0.950 bits per heavy atom. The molecule has 0 bridgehead atoms. The first kappa shape index (κ1) is 28.0. The number of H-pyrrole nitrogens is 1. The SMILES string of the molecule is CCCCc1cn(C2C(CC)CCCCCC2CC)c(=O)n1Cc1ccc(-c2ccccc2-c2nn[nH]n2)nc1. The average Bonchev–Trinajstić information content (AvgIpc) is 3.62. The van der Waals surface area contributed by atoms with Crippen LogP contribution in [0.2, 0.25) is 0 Å². The average molecular weight is 542 g/mol. The lowest BCUT2D eigenvalue weighted by atomic mass is 9.77. The molecule has 4 aromatic rings. The lowest BCUT2D eigenvalue weighted by molar-refractivity contribution is 0.171. The molecule has 1 N–H and O–H groups in total. The molecule has 3 heterocycles. The van der Waals surface area contributed by atoms with E-state index >= 15 is 0 Å². The molecule has 2 unspecified atom stereocenters. The van der Waals surface area contributed by atoms with E-state index in [9.17, 15) is 4.79 Å². The maximum atomic E-state index is 14.1. The summed E-state index contributed by atoms with van der Waals surface area (Å²) in [4.78, 5) is 18.9. The minimum atomic E-state index is 0.139. The maximum absolute atomic E-state index is 14.1. The van der Waals surface area contributed by atoms with Gasteiger partial charge in [0.1, 0.15) is 0 Å². The molecule has 8 nitrogen and oxygen atoms in total. The fourth-order valence-electron chi connectivity index (χ4n) is 6.59. The molecule has 0 spiro atoms. The predicted molar refractivity (Wildman–Crippen MR) is 159 cm³/mol. The molecule has 212 valence electrons. The molecular formula is C32H43N7O. The van der Waals surface area contributed by atoms with Crippen LogP contribution in [0.4, 0.5) is 0 Å². The number of aromatic amines is 1. The number of benzene rings is 1. The van der Waals surface area contributed by atoms with Crippen LogP contribution in [0.25, 0.3) is 22.6 Å². The fourth-order valence-corrected chi connectivity index (χ4v) is 6.59. The van der Waals surface area contributed by atoms with Crippen molar-refractivity contribution in [2.45, 2.75) is 97.6 Å². The van der Waals surface area contributed by atoms with Crippen LogP contribution in [-0.4, -0.2) is 34.7 Å². The number of tetrazole rings is 1. The predicted octanol–water partition coefficient (Wildman–Crippen LogP) is 6.84. The van der Waals surface area contributed by atoms with Gasteiger partial charge >= 0.3 is 5.69 Å². The molecule has 8 heteroatoms. The third-order valence-corrected chi connectivity index (χ3v) is 8.81. The van der Waals surface area contributed by atoms with Gasteiger partial charge < -0.3 is 0 Å². The number of hydrogen-bond donors (Lipinski definition) is 1. The summed E-state index contributed by atoms with van der Waals surface area (Å²) in [6, 6.07) is 12.3. The topological polar surface area (TPSA) is 94.3 Å². The molecule has 5 rings (SSSR count). The van der Waals surface area contributed by atoms with Gasteiger partial charge in [-0.2, -0.15) is 5.21 Å². The Kier molecular flexibility index (Phi) is 9.24. The first-order valence-corrected chi connectivity index (χ1v) is 15.2. The van der Waals surface area contributed by atoms with Gasteiger partial charge in [-0.15, -0.1) is 10.2 Å².